The Morgan fingerprint density at radius 2 is 1.59 bits per heavy atom. The molecule has 0 aliphatic rings. The van der Waals surface area contributed by atoms with Crippen LogP contribution in [0, 0.1) is 0 Å². The van der Waals surface area contributed by atoms with Crippen LogP contribution in [-0.4, -0.2) is 42.2 Å². The average molecular weight is 269 g/mol. The van der Waals surface area contributed by atoms with Crippen molar-refractivity contribution in [1.82, 2.24) is 0 Å². The van der Waals surface area contributed by atoms with Crippen LogP contribution in [0.4, 0.5) is 26.3 Å². The number of halogens is 6. The zero-order valence-electron chi connectivity index (χ0n) is 8.18. The van der Waals surface area contributed by atoms with Crippen LogP contribution in [0.1, 0.15) is 6.42 Å². The summed E-state index contributed by atoms with van der Waals surface area (Å²) in [5.74, 6) is -1.54. The van der Waals surface area contributed by atoms with Crippen molar-refractivity contribution < 1.29 is 41.0 Å². The van der Waals surface area contributed by atoms with E-state index in [4.69, 9.17) is 10.8 Å². The normalized spacial score (nSPS) is 15.1. The molecular formula is C7H9F6NO3. The summed E-state index contributed by atoms with van der Waals surface area (Å²) in [6.45, 7) is -1.06. The van der Waals surface area contributed by atoms with Crippen LogP contribution in [0.2, 0.25) is 0 Å². The number of carboxylic acid groups (broad SMARTS) is 1. The zero-order chi connectivity index (χ0) is 13.9. The first-order chi connectivity index (χ1) is 7.46. The molecule has 0 saturated carbocycles. The van der Waals surface area contributed by atoms with Crippen molar-refractivity contribution in [1.29, 1.82) is 0 Å². The molecule has 0 aromatic heterocycles. The first kappa shape index (κ1) is 16.0. The van der Waals surface area contributed by atoms with E-state index < -0.39 is 43.5 Å². The lowest BCUT2D eigenvalue weighted by molar-refractivity contribution is -0.321. The maximum Gasteiger partial charge on any atom is 0.423 e. The molecule has 4 nitrogen and oxygen atoms in total. The molecule has 102 valence electrons. The standard InChI is InChI=1S/C7H9F6NO3/c8-6(9,10)5(7(11,12)13)17-2-1-3(14)4(15)16/h3,5H,1-2,14H2,(H,15,16). The lowest BCUT2D eigenvalue weighted by Crippen LogP contribution is -2.45. The molecule has 0 fully saturated rings. The van der Waals surface area contributed by atoms with Crippen LogP contribution in [0.5, 0.6) is 0 Å². The van der Waals surface area contributed by atoms with Crippen LogP contribution in [0.25, 0.3) is 0 Å². The predicted octanol–water partition coefficient (Wildman–Crippen LogP) is 1.30. The number of hydrogen-bond acceptors (Lipinski definition) is 3. The molecule has 0 heterocycles. The van der Waals surface area contributed by atoms with Crippen molar-refractivity contribution in [2.24, 2.45) is 5.73 Å². The molecule has 0 amide bonds. The largest absolute Gasteiger partial charge is 0.480 e. The summed E-state index contributed by atoms with van der Waals surface area (Å²) < 4.78 is 75.0. The molecule has 0 spiro atoms. The van der Waals surface area contributed by atoms with E-state index >= 15 is 0 Å². The minimum atomic E-state index is -5.61. The highest BCUT2D eigenvalue weighted by atomic mass is 19.4. The second kappa shape index (κ2) is 5.54. The lowest BCUT2D eigenvalue weighted by atomic mass is 10.2. The van der Waals surface area contributed by atoms with E-state index in [9.17, 15) is 31.1 Å². The van der Waals surface area contributed by atoms with Crippen molar-refractivity contribution in [2.75, 3.05) is 6.61 Å². The molecule has 0 aliphatic carbocycles. The highest BCUT2D eigenvalue weighted by Crippen LogP contribution is 2.35. The third-order valence-corrected chi connectivity index (χ3v) is 1.63. The van der Waals surface area contributed by atoms with E-state index in [2.05, 4.69) is 4.74 Å². The van der Waals surface area contributed by atoms with Crippen LogP contribution in [0.3, 0.4) is 0 Å². The van der Waals surface area contributed by atoms with Gasteiger partial charge in [-0.15, -0.1) is 0 Å². The molecule has 0 rings (SSSR count). The molecule has 1 unspecified atom stereocenters. The van der Waals surface area contributed by atoms with Crippen molar-refractivity contribution in [3.8, 4) is 0 Å². The van der Waals surface area contributed by atoms with Gasteiger partial charge < -0.3 is 15.6 Å². The highest BCUT2D eigenvalue weighted by molar-refractivity contribution is 5.72. The number of nitrogens with two attached hydrogens (primary N) is 1. The highest BCUT2D eigenvalue weighted by Gasteiger charge is 2.57. The molecule has 10 heteroatoms. The second-order valence-electron chi connectivity index (χ2n) is 3.07. The number of aliphatic carboxylic acids is 1. The molecule has 17 heavy (non-hydrogen) atoms. The number of carbonyl (C=O) groups is 1. The summed E-state index contributed by atoms with van der Waals surface area (Å²) in [4.78, 5) is 10.1. The van der Waals surface area contributed by atoms with Crippen LogP contribution >= 0.6 is 0 Å². The molecule has 0 bridgehead atoms. The number of hydrogen-bond donors (Lipinski definition) is 2. The van der Waals surface area contributed by atoms with Crippen LogP contribution in [0.15, 0.2) is 0 Å². The minimum absolute atomic E-state index is 0.655. The summed E-state index contributed by atoms with van der Waals surface area (Å²) in [6, 6.07) is -1.57. The maximum absolute atomic E-state index is 11.9. The Morgan fingerprint density at radius 3 is 1.88 bits per heavy atom. The fraction of sp³-hybridized carbons (Fsp3) is 0.857. The molecular weight excluding hydrogens is 260 g/mol. The number of alkyl halides is 6. The van der Waals surface area contributed by atoms with Crippen molar-refractivity contribution >= 4 is 5.97 Å². The summed E-state index contributed by atoms with van der Waals surface area (Å²) >= 11 is 0. The summed E-state index contributed by atoms with van der Waals surface area (Å²) in [7, 11) is 0. The van der Waals surface area contributed by atoms with Gasteiger partial charge in [-0.1, -0.05) is 0 Å². The van der Waals surface area contributed by atoms with Gasteiger partial charge >= 0.3 is 18.3 Å². The van der Waals surface area contributed by atoms with Gasteiger partial charge in [0.15, 0.2) is 0 Å². The Bertz CT molecular complexity index is 249. The van der Waals surface area contributed by atoms with Gasteiger partial charge in [-0.2, -0.15) is 26.3 Å². The van der Waals surface area contributed by atoms with E-state index in [-0.39, 0.29) is 0 Å². The summed E-state index contributed by atoms with van der Waals surface area (Å²) in [5.41, 5.74) is 4.88. The van der Waals surface area contributed by atoms with Gasteiger partial charge in [0.05, 0.1) is 0 Å². The Morgan fingerprint density at radius 1 is 1.18 bits per heavy atom. The van der Waals surface area contributed by atoms with Crippen LogP contribution in [-0.2, 0) is 9.53 Å². The Labute approximate surface area is 91.3 Å². The Kier molecular flexibility index (Phi) is 5.20. The lowest BCUT2D eigenvalue weighted by Gasteiger charge is -2.23. The molecule has 0 saturated heterocycles. The fourth-order valence-corrected chi connectivity index (χ4v) is 0.811. The maximum atomic E-state index is 11.9. The monoisotopic (exact) mass is 269 g/mol. The van der Waals surface area contributed by atoms with Crippen LogP contribution < -0.4 is 5.73 Å². The molecule has 0 aromatic carbocycles. The second-order valence-corrected chi connectivity index (χ2v) is 3.07. The SMILES string of the molecule is NC(CCOC(C(F)(F)F)C(F)(F)F)C(=O)O. The Balaban J connectivity index is 4.35. The third kappa shape index (κ3) is 5.73. The predicted molar refractivity (Wildman–Crippen MR) is 42.1 cm³/mol. The third-order valence-electron chi connectivity index (χ3n) is 1.63. The smallest absolute Gasteiger partial charge is 0.423 e. The molecule has 0 aromatic rings. The van der Waals surface area contributed by atoms with Gasteiger partial charge in [0.2, 0.25) is 6.10 Å². The minimum Gasteiger partial charge on any atom is -0.480 e. The first-order valence-electron chi connectivity index (χ1n) is 4.19. The molecule has 0 aliphatic heterocycles. The van der Waals surface area contributed by atoms with Crippen molar-refractivity contribution in [2.45, 2.75) is 30.9 Å². The molecule has 0 radical (unpaired) electrons. The fourth-order valence-electron chi connectivity index (χ4n) is 0.811. The van der Waals surface area contributed by atoms with Gasteiger partial charge in [0.1, 0.15) is 6.04 Å². The van der Waals surface area contributed by atoms with Crippen molar-refractivity contribution in [3.63, 3.8) is 0 Å². The van der Waals surface area contributed by atoms with Gasteiger partial charge in [-0.3, -0.25) is 4.79 Å². The number of ether oxygens (including phenoxy) is 1. The van der Waals surface area contributed by atoms with Gasteiger partial charge in [-0.25, -0.2) is 0 Å². The summed E-state index contributed by atoms with van der Waals surface area (Å²) in [5, 5.41) is 8.24. The van der Waals surface area contributed by atoms with E-state index in [1.165, 1.54) is 0 Å². The van der Waals surface area contributed by atoms with E-state index in [1.54, 1.807) is 0 Å². The molecule has 3 N–H and O–H groups in total. The van der Waals surface area contributed by atoms with Gasteiger partial charge in [-0.05, 0) is 6.42 Å². The average Bonchev–Trinajstić information content (AvgIpc) is 2.07. The quantitative estimate of drug-likeness (QED) is 0.738. The van der Waals surface area contributed by atoms with E-state index in [1.807, 2.05) is 0 Å². The first-order valence-corrected chi connectivity index (χ1v) is 4.19. The van der Waals surface area contributed by atoms with E-state index in [0.717, 1.165) is 0 Å². The topological polar surface area (TPSA) is 72.5 Å². The Hall–Kier alpha value is -1.03. The van der Waals surface area contributed by atoms with Crippen molar-refractivity contribution in [3.05, 3.63) is 0 Å². The number of carboxylic acids is 1. The van der Waals surface area contributed by atoms with Gasteiger partial charge in [0, 0.05) is 6.61 Å². The zero-order valence-corrected chi connectivity index (χ0v) is 8.18. The van der Waals surface area contributed by atoms with Gasteiger partial charge in [0.25, 0.3) is 0 Å². The number of rotatable bonds is 5. The molecule has 1 atom stereocenters. The van der Waals surface area contributed by atoms with E-state index in [0.29, 0.717) is 0 Å². The summed E-state index contributed by atoms with van der Waals surface area (Å²) in [6.07, 6.45) is -15.8.